The Hall–Kier alpha value is -1.57. The Morgan fingerprint density at radius 1 is 1.25 bits per heavy atom. The van der Waals surface area contributed by atoms with Crippen LogP contribution in [0.5, 0.6) is 0 Å². The first-order valence-corrected chi connectivity index (χ1v) is 8.49. The number of ether oxygens (including phenoxy) is 3. The molecule has 136 valence electrons. The zero-order chi connectivity index (χ0) is 18.5. The van der Waals surface area contributed by atoms with E-state index in [1.807, 2.05) is 0 Å². The Morgan fingerprint density at radius 3 is 2.33 bits per heavy atom. The van der Waals surface area contributed by atoms with Crippen molar-refractivity contribution in [2.75, 3.05) is 20.8 Å². The van der Waals surface area contributed by atoms with Gasteiger partial charge in [0.05, 0.1) is 14.2 Å². The van der Waals surface area contributed by atoms with E-state index in [-0.39, 0.29) is 12.8 Å². The third-order valence-electron chi connectivity index (χ3n) is 3.78. The quantitative estimate of drug-likeness (QED) is 0.528. The highest BCUT2D eigenvalue weighted by Gasteiger charge is 2.55. The van der Waals surface area contributed by atoms with E-state index in [9.17, 15) is 14.4 Å². The third kappa shape index (κ3) is 4.28. The maximum Gasteiger partial charge on any atom is 0.411 e. The lowest BCUT2D eigenvalue weighted by molar-refractivity contribution is -0.152. The fourth-order valence-corrected chi connectivity index (χ4v) is 3.31. The first-order chi connectivity index (χ1) is 11.1. The molecule has 1 amide bonds. The zero-order valence-corrected chi connectivity index (χ0v) is 16.3. The molecule has 0 unspecified atom stereocenters. The molecule has 0 spiro atoms. The molecule has 7 nitrogen and oxygen atoms in total. The van der Waals surface area contributed by atoms with Crippen LogP contribution in [0, 0.1) is 0 Å². The number of halogens is 1. The number of carbonyl (C=O) groups excluding carboxylic acids is 3. The summed E-state index contributed by atoms with van der Waals surface area (Å²) in [5.41, 5.74) is -1.43. The van der Waals surface area contributed by atoms with Gasteiger partial charge in [0.15, 0.2) is 5.54 Å². The Labute approximate surface area is 150 Å². The van der Waals surface area contributed by atoms with Crippen molar-refractivity contribution in [1.82, 2.24) is 4.90 Å². The lowest BCUT2D eigenvalue weighted by atomic mass is 9.86. The van der Waals surface area contributed by atoms with Crippen LogP contribution < -0.4 is 0 Å². The summed E-state index contributed by atoms with van der Waals surface area (Å²) >= 11 is 3.25. The van der Waals surface area contributed by atoms with Crippen LogP contribution in [0.2, 0.25) is 0 Å². The van der Waals surface area contributed by atoms with Gasteiger partial charge in [-0.25, -0.2) is 9.59 Å². The van der Waals surface area contributed by atoms with Crippen LogP contribution in [-0.2, 0) is 23.8 Å². The Morgan fingerprint density at radius 2 is 1.88 bits per heavy atom. The standard InChI is InChI=1S/C16H24BrNO6/c1-15(2,3)24-14(21)18-9-7-11(10-17)16(18,13(20)23-5)8-6-12(19)22-4/h10H,6-9H2,1-5H3/b11-10-/t16-/m1/s1. The maximum atomic E-state index is 12.6. The van der Waals surface area contributed by atoms with Crippen molar-refractivity contribution in [3.8, 4) is 0 Å². The van der Waals surface area contributed by atoms with E-state index in [2.05, 4.69) is 20.7 Å². The van der Waals surface area contributed by atoms with E-state index < -0.39 is 29.2 Å². The lowest BCUT2D eigenvalue weighted by Gasteiger charge is -2.37. The minimum atomic E-state index is -1.38. The molecular formula is C16H24BrNO6. The fraction of sp³-hybridized carbons (Fsp3) is 0.688. The number of carbonyl (C=O) groups is 3. The molecule has 0 saturated carbocycles. The normalized spacial score (nSPS) is 22.4. The van der Waals surface area contributed by atoms with Gasteiger partial charge in [0.1, 0.15) is 5.60 Å². The third-order valence-corrected chi connectivity index (χ3v) is 4.34. The molecule has 1 aliphatic heterocycles. The summed E-state index contributed by atoms with van der Waals surface area (Å²) in [7, 11) is 2.52. The van der Waals surface area contributed by atoms with Gasteiger partial charge in [0.2, 0.25) is 0 Å². The molecule has 24 heavy (non-hydrogen) atoms. The van der Waals surface area contributed by atoms with Crippen molar-refractivity contribution < 1.29 is 28.6 Å². The van der Waals surface area contributed by atoms with Crippen molar-refractivity contribution in [2.24, 2.45) is 0 Å². The van der Waals surface area contributed by atoms with Gasteiger partial charge in [-0.05, 0) is 44.2 Å². The average Bonchev–Trinajstić information content (AvgIpc) is 2.89. The smallest absolute Gasteiger partial charge is 0.411 e. The summed E-state index contributed by atoms with van der Waals surface area (Å²) in [6.45, 7) is 5.53. The average molecular weight is 406 g/mol. The van der Waals surface area contributed by atoms with Crippen molar-refractivity contribution in [2.45, 2.75) is 51.2 Å². The minimum Gasteiger partial charge on any atom is -0.469 e. The lowest BCUT2D eigenvalue weighted by Crippen LogP contribution is -2.55. The molecule has 1 rings (SSSR count). The van der Waals surface area contributed by atoms with Gasteiger partial charge in [-0.1, -0.05) is 15.9 Å². The van der Waals surface area contributed by atoms with Crippen LogP contribution in [0.4, 0.5) is 4.79 Å². The summed E-state index contributed by atoms with van der Waals surface area (Å²) in [4.78, 5) is 39.7. The number of methoxy groups -OCH3 is 2. The van der Waals surface area contributed by atoms with Crippen LogP contribution in [0.3, 0.4) is 0 Å². The number of esters is 2. The molecule has 0 aromatic heterocycles. The first-order valence-electron chi connectivity index (χ1n) is 7.58. The van der Waals surface area contributed by atoms with E-state index in [1.54, 1.807) is 25.8 Å². The van der Waals surface area contributed by atoms with Crippen LogP contribution >= 0.6 is 15.9 Å². The summed E-state index contributed by atoms with van der Waals surface area (Å²) in [6.07, 6.45) is -0.124. The zero-order valence-electron chi connectivity index (χ0n) is 14.7. The summed E-state index contributed by atoms with van der Waals surface area (Å²) in [5.74, 6) is -1.08. The van der Waals surface area contributed by atoms with Crippen LogP contribution in [0.25, 0.3) is 0 Å². The van der Waals surface area contributed by atoms with Crippen molar-refractivity contribution >= 4 is 34.0 Å². The number of nitrogens with zero attached hydrogens (tertiary/aromatic N) is 1. The summed E-state index contributed by atoms with van der Waals surface area (Å²) < 4.78 is 15.0. The fourth-order valence-electron chi connectivity index (χ4n) is 2.70. The van der Waals surface area contributed by atoms with Gasteiger partial charge in [0, 0.05) is 13.0 Å². The van der Waals surface area contributed by atoms with Gasteiger partial charge in [-0.2, -0.15) is 0 Å². The molecule has 0 bridgehead atoms. The van der Waals surface area contributed by atoms with E-state index in [1.165, 1.54) is 19.1 Å². The van der Waals surface area contributed by atoms with E-state index in [0.717, 1.165) is 0 Å². The minimum absolute atomic E-state index is 0.0325. The predicted molar refractivity (Wildman–Crippen MR) is 90.6 cm³/mol. The molecule has 1 heterocycles. The molecule has 0 radical (unpaired) electrons. The highest BCUT2D eigenvalue weighted by Crippen LogP contribution is 2.41. The summed E-state index contributed by atoms with van der Waals surface area (Å²) in [6, 6.07) is 0. The maximum absolute atomic E-state index is 12.6. The number of likely N-dealkylation sites (tertiary alicyclic amines) is 1. The molecule has 0 aromatic rings. The number of amides is 1. The molecule has 1 fully saturated rings. The van der Waals surface area contributed by atoms with E-state index in [0.29, 0.717) is 18.5 Å². The highest BCUT2D eigenvalue weighted by atomic mass is 79.9. The highest BCUT2D eigenvalue weighted by molar-refractivity contribution is 9.11. The van der Waals surface area contributed by atoms with E-state index >= 15 is 0 Å². The van der Waals surface area contributed by atoms with Gasteiger partial charge < -0.3 is 14.2 Å². The SMILES string of the molecule is COC(=O)CC[C@]1(C(=O)OC)/C(=C\Br)CCN1C(=O)OC(C)(C)C. The second-order valence-electron chi connectivity index (χ2n) is 6.44. The van der Waals surface area contributed by atoms with Crippen LogP contribution in [0.15, 0.2) is 10.6 Å². The largest absolute Gasteiger partial charge is 0.469 e. The van der Waals surface area contributed by atoms with Crippen LogP contribution in [0.1, 0.15) is 40.0 Å². The predicted octanol–water partition coefficient (Wildman–Crippen LogP) is 2.77. The first kappa shape index (κ1) is 20.5. The molecule has 1 atom stereocenters. The molecule has 1 saturated heterocycles. The van der Waals surface area contributed by atoms with E-state index in [4.69, 9.17) is 9.47 Å². The molecule has 0 N–H and O–H groups in total. The molecular weight excluding hydrogens is 382 g/mol. The second-order valence-corrected chi connectivity index (χ2v) is 6.90. The number of hydrogen-bond acceptors (Lipinski definition) is 6. The molecule has 0 aromatic carbocycles. The molecule has 0 aliphatic carbocycles. The second kappa shape index (κ2) is 8.00. The Bertz CT molecular complexity index is 539. The Kier molecular flexibility index (Phi) is 6.83. The number of rotatable bonds is 4. The number of hydrogen-bond donors (Lipinski definition) is 0. The molecule has 8 heteroatoms. The van der Waals surface area contributed by atoms with Crippen molar-refractivity contribution in [3.63, 3.8) is 0 Å². The Balaban J connectivity index is 3.26. The summed E-state index contributed by atoms with van der Waals surface area (Å²) in [5, 5.41) is 0. The van der Waals surface area contributed by atoms with Crippen molar-refractivity contribution in [3.05, 3.63) is 10.6 Å². The topological polar surface area (TPSA) is 82.1 Å². The van der Waals surface area contributed by atoms with Gasteiger partial charge in [-0.15, -0.1) is 0 Å². The van der Waals surface area contributed by atoms with Gasteiger partial charge >= 0.3 is 18.0 Å². The van der Waals surface area contributed by atoms with Crippen LogP contribution in [-0.4, -0.2) is 54.8 Å². The van der Waals surface area contributed by atoms with Gasteiger partial charge in [0.25, 0.3) is 0 Å². The van der Waals surface area contributed by atoms with Gasteiger partial charge in [-0.3, -0.25) is 9.69 Å². The van der Waals surface area contributed by atoms with Crippen molar-refractivity contribution in [1.29, 1.82) is 0 Å². The molecule has 1 aliphatic rings. The monoisotopic (exact) mass is 405 g/mol.